The Morgan fingerprint density at radius 3 is 2.90 bits per heavy atom. The number of rotatable bonds is 2. The Morgan fingerprint density at radius 1 is 1.50 bits per heavy atom. The molecule has 2 heteroatoms. The van der Waals surface area contributed by atoms with Crippen LogP contribution in [0.25, 0.3) is 0 Å². The van der Waals surface area contributed by atoms with Gasteiger partial charge in [0.1, 0.15) is 0 Å². The molecule has 0 saturated carbocycles. The first-order valence-corrected chi connectivity index (χ1v) is 3.30. The number of hydrogen-bond donors (Lipinski definition) is 0. The molecular weight excluding hydrogens is 126 g/mol. The molecule has 0 bridgehead atoms. The van der Waals surface area contributed by atoms with E-state index >= 15 is 0 Å². The smallest absolute Gasteiger partial charge is 0.342 e. The highest BCUT2D eigenvalue weighted by atomic mass is 19.1. The van der Waals surface area contributed by atoms with E-state index in [0.29, 0.717) is 13.9 Å². The molecule has 0 amide bonds. The Morgan fingerprint density at radius 2 is 2.30 bits per heavy atom. The molecule has 0 saturated heterocycles. The van der Waals surface area contributed by atoms with Crippen LogP contribution in [-0.4, -0.2) is 7.56 Å². The van der Waals surface area contributed by atoms with Crippen molar-refractivity contribution in [3.05, 3.63) is 35.4 Å². The van der Waals surface area contributed by atoms with Crippen molar-refractivity contribution in [1.82, 2.24) is 0 Å². The Hall–Kier alpha value is -0.785. The van der Waals surface area contributed by atoms with Crippen molar-refractivity contribution < 1.29 is 4.32 Å². The van der Waals surface area contributed by atoms with Gasteiger partial charge >= 0.3 is 7.56 Å². The van der Waals surface area contributed by atoms with E-state index in [1.54, 1.807) is 0 Å². The van der Waals surface area contributed by atoms with E-state index in [1.807, 2.05) is 31.2 Å². The van der Waals surface area contributed by atoms with Gasteiger partial charge < -0.3 is 4.32 Å². The van der Waals surface area contributed by atoms with Crippen molar-refractivity contribution in [1.29, 1.82) is 0 Å². The second kappa shape index (κ2) is 3.40. The van der Waals surface area contributed by atoms with Gasteiger partial charge in [-0.2, -0.15) is 0 Å². The summed E-state index contributed by atoms with van der Waals surface area (Å²) in [6.45, 7) is 2.00. The molecule has 0 fully saturated rings. The molecule has 1 aromatic carbocycles. The Labute approximate surface area is 61.4 Å². The molecule has 0 nitrogen and oxygen atoms in total. The van der Waals surface area contributed by atoms with Crippen molar-refractivity contribution in [2.75, 3.05) is 0 Å². The third-order valence-electron chi connectivity index (χ3n) is 1.40. The van der Waals surface area contributed by atoms with Crippen molar-refractivity contribution in [3.63, 3.8) is 0 Å². The van der Waals surface area contributed by atoms with E-state index < -0.39 is 0 Å². The molecule has 1 radical (unpaired) electrons. The van der Waals surface area contributed by atoms with Gasteiger partial charge in [-0.25, -0.2) is 0 Å². The molecule has 0 aliphatic carbocycles. The lowest BCUT2D eigenvalue weighted by Gasteiger charge is -1.96. The van der Waals surface area contributed by atoms with Gasteiger partial charge in [0.15, 0.2) is 0 Å². The second-order valence-corrected chi connectivity index (χ2v) is 2.35. The minimum absolute atomic E-state index is 0.418. The van der Waals surface area contributed by atoms with E-state index in [4.69, 9.17) is 0 Å². The SMILES string of the molecule is Cc1cccc(C[B]F)c1. The van der Waals surface area contributed by atoms with Crippen LogP contribution < -0.4 is 0 Å². The third kappa shape index (κ3) is 1.87. The predicted molar refractivity (Wildman–Crippen MR) is 41.7 cm³/mol. The molecule has 1 rings (SSSR count). The molecule has 0 N–H and O–H groups in total. The largest absolute Gasteiger partial charge is 0.359 e. The lowest BCUT2D eigenvalue weighted by Crippen LogP contribution is -1.89. The average molecular weight is 135 g/mol. The summed E-state index contributed by atoms with van der Waals surface area (Å²) in [7, 11) is 0.675. The maximum Gasteiger partial charge on any atom is 0.359 e. The fourth-order valence-electron chi connectivity index (χ4n) is 0.928. The van der Waals surface area contributed by atoms with E-state index in [-0.39, 0.29) is 0 Å². The third-order valence-corrected chi connectivity index (χ3v) is 1.40. The molecule has 0 spiro atoms. The summed E-state index contributed by atoms with van der Waals surface area (Å²) >= 11 is 0. The molecule has 0 atom stereocenters. The molecule has 0 aliphatic heterocycles. The summed E-state index contributed by atoms with van der Waals surface area (Å²) in [6, 6.07) is 7.84. The first-order chi connectivity index (χ1) is 4.83. The van der Waals surface area contributed by atoms with Crippen LogP contribution >= 0.6 is 0 Å². The topological polar surface area (TPSA) is 0 Å². The van der Waals surface area contributed by atoms with E-state index in [9.17, 15) is 4.32 Å². The van der Waals surface area contributed by atoms with Crippen LogP contribution in [0.1, 0.15) is 11.1 Å². The van der Waals surface area contributed by atoms with E-state index in [2.05, 4.69) is 0 Å². The molecule has 10 heavy (non-hydrogen) atoms. The standard InChI is InChI=1S/C8H9BF/c1-7-3-2-4-8(5-7)6-9-10/h2-5H,6H2,1H3. The van der Waals surface area contributed by atoms with Crippen molar-refractivity contribution in [3.8, 4) is 0 Å². The normalized spacial score (nSPS) is 9.40. The number of aryl methyl sites for hydroxylation is 1. The van der Waals surface area contributed by atoms with Crippen LogP contribution in [0.4, 0.5) is 4.32 Å². The number of hydrogen-bond acceptors (Lipinski definition) is 0. The summed E-state index contributed by atoms with van der Waals surface area (Å²) in [5.74, 6) is 0. The summed E-state index contributed by atoms with van der Waals surface area (Å²) in [5, 5.41) is 0. The van der Waals surface area contributed by atoms with Gasteiger partial charge in [0.25, 0.3) is 0 Å². The van der Waals surface area contributed by atoms with Crippen molar-refractivity contribution >= 4 is 7.56 Å². The van der Waals surface area contributed by atoms with Crippen LogP contribution in [-0.2, 0) is 6.32 Å². The lowest BCUT2D eigenvalue weighted by molar-refractivity contribution is 0.859. The van der Waals surface area contributed by atoms with Crippen LogP contribution in [0.15, 0.2) is 24.3 Å². The van der Waals surface area contributed by atoms with Crippen LogP contribution in [0.3, 0.4) is 0 Å². The van der Waals surface area contributed by atoms with Gasteiger partial charge in [-0.1, -0.05) is 35.4 Å². The molecule has 0 aliphatic rings. The van der Waals surface area contributed by atoms with Crippen molar-refractivity contribution in [2.45, 2.75) is 13.2 Å². The van der Waals surface area contributed by atoms with Gasteiger partial charge in [-0.3, -0.25) is 0 Å². The zero-order chi connectivity index (χ0) is 7.40. The highest BCUT2D eigenvalue weighted by molar-refractivity contribution is 6.25. The average Bonchev–Trinajstić information content (AvgIpc) is 1.88. The molecule has 0 unspecified atom stereocenters. The number of benzene rings is 1. The highest BCUT2D eigenvalue weighted by Crippen LogP contribution is 2.03. The van der Waals surface area contributed by atoms with Gasteiger partial charge in [-0.05, 0) is 13.2 Å². The zero-order valence-electron chi connectivity index (χ0n) is 5.97. The van der Waals surface area contributed by atoms with E-state index in [1.165, 1.54) is 5.56 Å². The first-order valence-electron chi connectivity index (χ1n) is 3.30. The minimum Gasteiger partial charge on any atom is -0.342 e. The fraction of sp³-hybridized carbons (Fsp3) is 0.250. The molecule has 0 heterocycles. The van der Waals surface area contributed by atoms with E-state index in [0.717, 1.165) is 5.56 Å². The minimum atomic E-state index is 0.418. The van der Waals surface area contributed by atoms with Gasteiger partial charge in [0.05, 0.1) is 0 Å². The Bertz CT molecular complexity index is 210. The molecule has 1 aromatic rings. The monoisotopic (exact) mass is 135 g/mol. The molecule has 51 valence electrons. The second-order valence-electron chi connectivity index (χ2n) is 2.35. The van der Waals surface area contributed by atoms with Crippen LogP contribution in [0, 0.1) is 6.92 Å². The van der Waals surface area contributed by atoms with Crippen molar-refractivity contribution in [2.24, 2.45) is 0 Å². The summed E-state index contributed by atoms with van der Waals surface area (Å²) in [4.78, 5) is 0. The number of halogens is 1. The van der Waals surface area contributed by atoms with Crippen LogP contribution in [0.2, 0.25) is 0 Å². The first kappa shape index (κ1) is 7.32. The molecule has 0 aromatic heterocycles. The van der Waals surface area contributed by atoms with Crippen LogP contribution in [0.5, 0.6) is 0 Å². The van der Waals surface area contributed by atoms with Gasteiger partial charge in [0.2, 0.25) is 0 Å². The highest BCUT2D eigenvalue weighted by Gasteiger charge is 1.93. The quantitative estimate of drug-likeness (QED) is 0.544. The summed E-state index contributed by atoms with van der Waals surface area (Å²) in [5.41, 5.74) is 2.21. The maximum atomic E-state index is 11.7. The summed E-state index contributed by atoms with van der Waals surface area (Å²) < 4.78 is 11.7. The Kier molecular flexibility index (Phi) is 2.49. The van der Waals surface area contributed by atoms with Gasteiger partial charge in [0, 0.05) is 0 Å². The molecular formula is C8H9BF. The summed E-state index contributed by atoms with van der Waals surface area (Å²) in [6.07, 6.45) is 0.418. The maximum absolute atomic E-state index is 11.7. The zero-order valence-corrected chi connectivity index (χ0v) is 5.97. The lowest BCUT2D eigenvalue weighted by atomic mass is 9.92. The fourth-order valence-corrected chi connectivity index (χ4v) is 0.928. The predicted octanol–water partition coefficient (Wildman–Crippen LogP) is 2.08. The van der Waals surface area contributed by atoms with Gasteiger partial charge in [-0.15, -0.1) is 0 Å². The Balaban J connectivity index is 2.75.